The highest BCUT2D eigenvalue weighted by Crippen LogP contribution is 2.26. The Morgan fingerprint density at radius 1 is 1.06 bits per heavy atom. The minimum Gasteiger partial charge on any atom is -0.368 e. The highest BCUT2D eigenvalue weighted by Gasteiger charge is 2.43. The van der Waals surface area contributed by atoms with E-state index in [9.17, 15) is 9.59 Å². The average Bonchev–Trinajstić information content (AvgIpc) is 3.33. The van der Waals surface area contributed by atoms with E-state index in [4.69, 9.17) is 11.6 Å². The van der Waals surface area contributed by atoms with Gasteiger partial charge >= 0.3 is 0 Å². The van der Waals surface area contributed by atoms with Crippen molar-refractivity contribution in [3.05, 3.63) is 65.2 Å². The molecule has 2 amide bonds. The van der Waals surface area contributed by atoms with Crippen LogP contribution in [-0.4, -0.2) is 79.0 Å². The van der Waals surface area contributed by atoms with Crippen molar-refractivity contribution in [3.63, 3.8) is 0 Å². The first-order chi connectivity index (χ1) is 17.1. The lowest BCUT2D eigenvalue weighted by molar-refractivity contribution is -0.132. The van der Waals surface area contributed by atoms with Gasteiger partial charge in [-0.15, -0.1) is 0 Å². The van der Waals surface area contributed by atoms with Crippen molar-refractivity contribution < 1.29 is 9.59 Å². The third kappa shape index (κ3) is 5.80. The number of carbonyl (C=O) groups is 2. The molecule has 3 fully saturated rings. The summed E-state index contributed by atoms with van der Waals surface area (Å²) in [6, 6.07) is 18.6. The third-order valence-corrected chi connectivity index (χ3v) is 7.79. The van der Waals surface area contributed by atoms with Crippen molar-refractivity contribution >= 4 is 29.1 Å². The number of nitrogens with zero attached hydrogens (tertiary/aromatic N) is 3. The molecule has 8 heteroatoms. The van der Waals surface area contributed by atoms with Crippen molar-refractivity contribution in [2.75, 3.05) is 44.2 Å². The lowest BCUT2D eigenvalue weighted by Gasteiger charge is -2.38. The summed E-state index contributed by atoms with van der Waals surface area (Å²) < 4.78 is 0. The van der Waals surface area contributed by atoms with Crippen LogP contribution in [0.3, 0.4) is 0 Å². The van der Waals surface area contributed by atoms with Crippen LogP contribution in [0.4, 0.5) is 5.69 Å². The van der Waals surface area contributed by atoms with Crippen LogP contribution < -0.4 is 15.5 Å². The van der Waals surface area contributed by atoms with E-state index in [1.54, 1.807) is 0 Å². The Labute approximate surface area is 212 Å². The monoisotopic (exact) mass is 495 g/mol. The number of hydrogen-bond donors (Lipinski definition) is 2. The molecule has 186 valence electrons. The zero-order chi connectivity index (χ0) is 24.2. The molecule has 3 aliphatic heterocycles. The maximum atomic E-state index is 13.0. The molecule has 3 heterocycles. The SMILES string of the molecule is O=C1NC[C@@H](CCC(=O)N2CCN(c3ccccc3)CC2)N2C[C@@H](NCc3cccc(Cl)c3)C[C@@H]12. The summed E-state index contributed by atoms with van der Waals surface area (Å²) in [5, 5.41) is 7.41. The van der Waals surface area contributed by atoms with E-state index in [1.807, 2.05) is 29.2 Å². The molecule has 2 aromatic rings. The standard InChI is InChI=1S/C27H34ClN5O2/c28-21-6-4-5-20(15-21)17-29-22-16-25-27(35)30-18-24(33(25)19-22)9-10-26(34)32-13-11-31(12-14-32)23-7-2-1-3-8-23/h1-8,15,22,24-25,29H,9-14,16-19H2,(H,30,35)/t22-,24+,25-/m0/s1. The quantitative estimate of drug-likeness (QED) is 0.617. The van der Waals surface area contributed by atoms with Crippen LogP contribution in [0.15, 0.2) is 54.6 Å². The van der Waals surface area contributed by atoms with E-state index in [0.717, 1.165) is 62.7 Å². The summed E-state index contributed by atoms with van der Waals surface area (Å²) in [5.41, 5.74) is 2.36. The number of nitrogens with one attached hydrogen (secondary N) is 2. The predicted octanol–water partition coefficient (Wildman–Crippen LogP) is 2.50. The number of halogens is 1. The van der Waals surface area contributed by atoms with Crippen molar-refractivity contribution in [1.82, 2.24) is 20.4 Å². The number of anilines is 1. The molecule has 0 saturated carbocycles. The fourth-order valence-corrected chi connectivity index (χ4v) is 5.81. The van der Waals surface area contributed by atoms with Gasteiger partial charge in [-0.25, -0.2) is 0 Å². The van der Waals surface area contributed by atoms with E-state index in [2.05, 4.69) is 50.8 Å². The van der Waals surface area contributed by atoms with Crippen molar-refractivity contribution in [2.45, 2.75) is 43.9 Å². The molecule has 3 aliphatic rings. The fourth-order valence-electron chi connectivity index (χ4n) is 5.60. The molecule has 3 saturated heterocycles. The highest BCUT2D eigenvalue weighted by atomic mass is 35.5. The van der Waals surface area contributed by atoms with Crippen molar-refractivity contribution in [1.29, 1.82) is 0 Å². The first-order valence-corrected chi connectivity index (χ1v) is 13.0. The summed E-state index contributed by atoms with van der Waals surface area (Å²) in [4.78, 5) is 32.2. The van der Waals surface area contributed by atoms with Crippen LogP contribution in [0.25, 0.3) is 0 Å². The van der Waals surface area contributed by atoms with Crippen LogP contribution in [0, 0.1) is 0 Å². The first-order valence-electron chi connectivity index (χ1n) is 12.7. The Balaban J connectivity index is 1.10. The summed E-state index contributed by atoms with van der Waals surface area (Å²) in [7, 11) is 0. The number of rotatable bonds is 7. The lowest BCUT2D eigenvalue weighted by atomic mass is 10.0. The number of benzene rings is 2. The topological polar surface area (TPSA) is 67.9 Å². The van der Waals surface area contributed by atoms with Crippen LogP contribution >= 0.6 is 11.6 Å². The van der Waals surface area contributed by atoms with Crippen LogP contribution in [0.1, 0.15) is 24.8 Å². The number of piperazine rings is 2. The second kappa shape index (κ2) is 11.0. The number of hydrogen-bond acceptors (Lipinski definition) is 5. The molecule has 0 unspecified atom stereocenters. The van der Waals surface area contributed by atoms with E-state index in [1.165, 1.54) is 5.69 Å². The molecular formula is C27H34ClN5O2. The van der Waals surface area contributed by atoms with Crippen molar-refractivity contribution in [3.8, 4) is 0 Å². The van der Waals surface area contributed by atoms with Gasteiger partial charge in [0.25, 0.3) is 0 Å². The second-order valence-electron chi connectivity index (χ2n) is 9.80. The molecular weight excluding hydrogens is 462 g/mol. The largest absolute Gasteiger partial charge is 0.368 e. The third-order valence-electron chi connectivity index (χ3n) is 7.55. The maximum Gasteiger partial charge on any atom is 0.237 e. The van der Waals surface area contributed by atoms with Crippen LogP contribution in [0.2, 0.25) is 5.02 Å². The number of amides is 2. The molecule has 0 aliphatic carbocycles. The maximum absolute atomic E-state index is 13.0. The van der Waals surface area contributed by atoms with E-state index < -0.39 is 0 Å². The molecule has 2 aromatic carbocycles. The van der Waals surface area contributed by atoms with Gasteiger partial charge in [0.1, 0.15) is 0 Å². The van der Waals surface area contributed by atoms with E-state index in [0.29, 0.717) is 13.0 Å². The Bertz CT molecular complexity index is 1030. The van der Waals surface area contributed by atoms with E-state index in [-0.39, 0.29) is 29.9 Å². The van der Waals surface area contributed by atoms with Gasteiger partial charge in [0.05, 0.1) is 6.04 Å². The van der Waals surface area contributed by atoms with Gasteiger partial charge in [-0.3, -0.25) is 14.5 Å². The minimum atomic E-state index is -0.116. The van der Waals surface area contributed by atoms with Crippen molar-refractivity contribution in [2.24, 2.45) is 0 Å². The fraction of sp³-hybridized carbons (Fsp3) is 0.481. The average molecular weight is 496 g/mol. The summed E-state index contributed by atoms with van der Waals surface area (Å²) in [6.45, 7) is 5.42. The van der Waals surface area contributed by atoms with Gasteiger partial charge in [-0.05, 0) is 42.7 Å². The molecule has 0 radical (unpaired) electrons. The molecule has 0 bridgehead atoms. The zero-order valence-corrected chi connectivity index (χ0v) is 20.8. The van der Waals surface area contributed by atoms with E-state index >= 15 is 0 Å². The molecule has 0 spiro atoms. The number of para-hydroxylation sites is 1. The Hall–Kier alpha value is -2.61. The summed E-state index contributed by atoms with van der Waals surface area (Å²) in [6.07, 6.45) is 2.09. The zero-order valence-electron chi connectivity index (χ0n) is 20.0. The Morgan fingerprint density at radius 3 is 2.63 bits per heavy atom. The molecule has 0 aromatic heterocycles. The van der Waals surface area contributed by atoms with Gasteiger partial charge in [0, 0.05) is 75.0 Å². The molecule has 5 rings (SSSR count). The lowest BCUT2D eigenvalue weighted by Crippen LogP contribution is -2.58. The van der Waals surface area contributed by atoms with Gasteiger partial charge in [0.15, 0.2) is 0 Å². The molecule has 7 nitrogen and oxygen atoms in total. The normalized spacial score (nSPS) is 24.8. The molecule has 3 atom stereocenters. The van der Waals surface area contributed by atoms with Crippen LogP contribution in [0.5, 0.6) is 0 Å². The molecule has 2 N–H and O–H groups in total. The highest BCUT2D eigenvalue weighted by molar-refractivity contribution is 6.30. The van der Waals surface area contributed by atoms with Gasteiger partial charge in [-0.2, -0.15) is 0 Å². The molecule has 35 heavy (non-hydrogen) atoms. The second-order valence-corrected chi connectivity index (χ2v) is 10.2. The predicted molar refractivity (Wildman–Crippen MR) is 138 cm³/mol. The number of carbonyl (C=O) groups excluding carboxylic acids is 2. The van der Waals surface area contributed by atoms with Gasteiger partial charge in [-0.1, -0.05) is 41.9 Å². The Morgan fingerprint density at radius 2 is 1.86 bits per heavy atom. The van der Waals surface area contributed by atoms with Gasteiger partial charge in [0.2, 0.25) is 11.8 Å². The smallest absolute Gasteiger partial charge is 0.237 e. The minimum absolute atomic E-state index is 0.108. The summed E-state index contributed by atoms with van der Waals surface area (Å²) in [5.74, 6) is 0.331. The number of fused-ring (bicyclic) bond motifs is 1. The Kier molecular flexibility index (Phi) is 7.56. The summed E-state index contributed by atoms with van der Waals surface area (Å²) >= 11 is 6.11. The first kappa shape index (κ1) is 24.1. The van der Waals surface area contributed by atoms with Gasteiger partial charge < -0.3 is 20.4 Å². The van der Waals surface area contributed by atoms with Crippen LogP contribution in [-0.2, 0) is 16.1 Å².